The fourth-order valence-corrected chi connectivity index (χ4v) is 3.29. The lowest BCUT2D eigenvalue weighted by molar-refractivity contribution is -0.927. The molecule has 0 aromatic rings. The van der Waals surface area contributed by atoms with Gasteiger partial charge in [0.1, 0.15) is 0 Å². The van der Waals surface area contributed by atoms with Crippen molar-refractivity contribution in [3.05, 3.63) is 12.2 Å². The highest BCUT2D eigenvalue weighted by molar-refractivity contribution is 5.67. The minimum Gasteiger partial charge on any atom is -0.550 e. The first-order valence-electron chi connectivity index (χ1n) is 10.4. The van der Waals surface area contributed by atoms with Crippen LogP contribution in [0.15, 0.2) is 12.2 Å². The highest BCUT2D eigenvalue weighted by Crippen LogP contribution is 2.16. The molecule has 0 unspecified atom stereocenters. The molecule has 0 aliphatic rings. The van der Waals surface area contributed by atoms with E-state index in [1.807, 2.05) is 0 Å². The zero-order chi connectivity index (χ0) is 21.3. The van der Waals surface area contributed by atoms with Crippen LogP contribution in [-0.4, -0.2) is 58.8 Å². The number of nitrogens with zero attached hydrogens (tertiary/aromatic N) is 1. The third-order valence-electron chi connectivity index (χ3n) is 5.03. The van der Waals surface area contributed by atoms with Crippen LogP contribution in [0.2, 0.25) is 0 Å². The molecule has 28 heavy (non-hydrogen) atoms. The molecular formula is C21H37NO6. The van der Waals surface area contributed by atoms with Gasteiger partial charge in [-0.05, 0) is 32.1 Å². The van der Waals surface area contributed by atoms with Gasteiger partial charge in [-0.2, -0.15) is 0 Å². The molecule has 0 atom stereocenters. The van der Waals surface area contributed by atoms with Gasteiger partial charge >= 0.3 is 11.9 Å². The molecule has 0 amide bonds. The van der Waals surface area contributed by atoms with Gasteiger partial charge in [-0.1, -0.05) is 38.3 Å². The largest absolute Gasteiger partial charge is 0.550 e. The van der Waals surface area contributed by atoms with Crippen LogP contribution in [0.3, 0.4) is 0 Å². The molecule has 0 aliphatic heterocycles. The zero-order valence-electron chi connectivity index (χ0n) is 17.2. The Morgan fingerprint density at radius 3 is 1.75 bits per heavy atom. The number of rotatable bonds is 19. The third-order valence-corrected chi connectivity index (χ3v) is 5.03. The van der Waals surface area contributed by atoms with Gasteiger partial charge in [-0.15, -0.1) is 0 Å². The number of aliphatic carboxylic acids is 3. The first-order valence-corrected chi connectivity index (χ1v) is 10.4. The van der Waals surface area contributed by atoms with E-state index >= 15 is 0 Å². The smallest absolute Gasteiger partial charge is 0.309 e. The average Bonchev–Trinajstić information content (AvgIpc) is 2.63. The van der Waals surface area contributed by atoms with Crippen molar-refractivity contribution in [1.29, 1.82) is 0 Å². The fraction of sp³-hybridized carbons (Fsp3) is 0.762. The maximum Gasteiger partial charge on any atom is 0.309 e. The van der Waals surface area contributed by atoms with E-state index in [1.54, 1.807) is 0 Å². The van der Waals surface area contributed by atoms with Crippen LogP contribution in [0.1, 0.15) is 77.6 Å². The number of carbonyl (C=O) groups is 3. The monoisotopic (exact) mass is 399 g/mol. The number of carboxylic acid groups (broad SMARTS) is 3. The summed E-state index contributed by atoms with van der Waals surface area (Å²) in [6.07, 6.45) is 12.6. The van der Waals surface area contributed by atoms with Crippen LogP contribution < -0.4 is 5.11 Å². The molecule has 0 saturated carbocycles. The van der Waals surface area contributed by atoms with Crippen molar-refractivity contribution in [2.24, 2.45) is 0 Å². The lowest BCUT2D eigenvalue weighted by Gasteiger charge is -2.38. The van der Waals surface area contributed by atoms with Crippen molar-refractivity contribution in [3.63, 3.8) is 0 Å². The Hall–Kier alpha value is -1.89. The van der Waals surface area contributed by atoms with Crippen molar-refractivity contribution in [3.8, 4) is 0 Å². The van der Waals surface area contributed by atoms with Gasteiger partial charge < -0.3 is 24.6 Å². The van der Waals surface area contributed by atoms with Crippen LogP contribution in [0.5, 0.6) is 0 Å². The summed E-state index contributed by atoms with van der Waals surface area (Å²) in [4.78, 5) is 32.9. The highest BCUT2D eigenvalue weighted by Gasteiger charge is 2.28. The predicted octanol–water partition coefficient (Wildman–Crippen LogP) is 2.59. The van der Waals surface area contributed by atoms with Crippen LogP contribution >= 0.6 is 0 Å². The normalized spacial score (nSPS) is 11.8. The Morgan fingerprint density at radius 1 is 0.750 bits per heavy atom. The zero-order valence-corrected chi connectivity index (χ0v) is 17.2. The summed E-state index contributed by atoms with van der Waals surface area (Å²) in [5.41, 5.74) is 0. The van der Waals surface area contributed by atoms with E-state index in [-0.39, 0.29) is 43.4 Å². The number of unbranched alkanes of at least 4 members (excludes halogenated alkanes) is 6. The molecule has 0 aliphatic carbocycles. The van der Waals surface area contributed by atoms with Gasteiger partial charge in [0, 0.05) is 12.4 Å². The molecule has 0 aromatic heterocycles. The molecule has 0 spiro atoms. The quantitative estimate of drug-likeness (QED) is 0.196. The maximum absolute atomic E-state index is 11.0. The fourth-order valence-electron chi connectivity index (χ4n) is 3.29. The van der Waals surface area contributed by atoms with Gasteiger partial charge in [0.2, 0.25) is 0 Å². The molecule has 0 aromatic carbocycles. The van der Waals surface area contributed by atoms with Gasteiger partial charge in [-0.25, -0.2) is 0 Å². The van der Waals surface area contributed by atoms with E-state index in [2.05, 4.69) is 19.1 Å². The van der Waals surface area contributed by atoms with Gasteiger partial charge in [0.25, 0.3) is 0 Å². The standard InChI is InChI=1S/C21H37NO6/c1-2-3-4-5-6-7-8-9-10-11-15-22(16-12-19(23)24,17-13-20(25)26)18-14-21(27)28/h5-6H,2-4,7-18H2,1H3,(H2-,23,24,25,26,27,28)/b6-5+. The van der Waals surface area contributed by atoms with Crippen molar-refractivity contribution in [1.82, 2.24) is 0 Å². The number of carbonyl (C=O) groups excluding carboxylic acids is 1. The van der Waals surface area contributed by atoms with Crippen LogP contribution in [0.25, 0.3) is 0 Å². The van der Waals surface area contributed by atoms with E-state index in [9.17, 15) is 19.5 Å². The Kier molecular flexibility index (Phi) is 15.0. The van der Waals surface area contributed by atoms with Crippen LogP contribution in [0, 0.1) is 0 Å². The number of carboxylic acids is 3. The van der Waals surface area contributed by atoms with E-state index < -0.39 is 17.9 Å². The molecule has 0 radical (unpaired) electrons. The third kappa shape index (κ3) is 15.2. The molecule has 0 saturated heterocycles. The molecule has 0 heterocycles. The first kappa shape index (κ1) is 26.1. The highest BCUT2D eigenvalue weighted by atomic mass is 16.4. The molecular weight excluding hydrogens is 362 g/mol. The average molecular weight is 400 g/mol. The van der Waals surface area contributed by atoms with E-state index in [0.29, 0.717) is 6.54 Å². The second-order valence-corrected chi connectivity index (χ2v) is 7.46. The first-order chi connectivity index (χ1) is 13.3. The van der Waals surface area contributed by atoms with Gasteiger partial charge in [0.05, 0.1) is 39.0 Å². The molecule has 0 bridgehead atoms. The summed E-state index contributed by atoms with van der Waals surface area (Å²) in [5, 5.41) is 28.9. The SMILES string of the molecule is CCCC/C=C/CCCCCC[N+](CCC(=O)[O-])(CCC(=O)O)CCC(=O)O. The summed E-state index contributed by atoms with van der Waals surface area (Å²) >= 11 is 0. The summed E-state index contributed by atoms with van der Waals surface area (Å²) < 4.78 is 0.212. The Labute approximate surface area is 168 Å². The molecule has 162 valence electrons. The Bertz CT molecular complexity index is 444. The molecule has 2 N–H and O–H groups in total. The summed E-state index contributed by atoms with van der Waals surface area (Å²) in [7, 11) is 0. The van der Waals surface area contributed by atoms with E-state index in [4.69, 9.17) is 10.2 Å². The summed E-state index contributed by atoms with van der Waals surface area (Å²) in [5.74, 6) is -3.11. The predicted molar refractivity (Wildman–Crippen MR) is 106 cm³/mol. The van der Waals surface area contributed by atoms with Crippen molar-refractivity contribution in [2.45, 2.75) is 77.6 Å². The second kappa shape index (κ2) is 16.1. The summed E-state index contributed by atoms with van der Waals surface area (Å²) in [6.45, 7) is 3.47. The van der Waals surface area contributed by atoms with E-state index in [1.165, 1.54) is 12.8 Å². The molecule has 7 nitrogen and oxygen atoms in total. The molecule has 7 heteroatoms. The lowest BCUT2D eigenvalue weighted by atomic mass is 10.1. The molecule has 0 fully saturated rings. The van der Waals surface area contributed by atoms with Gasteiger partial charge in [0.15, 0.2) is 0 Å². The Balaban J connectivity index is 4.53. The molecule has 0 rings (SSSR count). The number of hydrogen-bond donors (Lipinski definition) is 2. The minimum absolute atomic E-state index is 0.102. The van der Waals surface area contributed by atoms with Crippen molar-refractivity contribution < 1.29 is 34.2 Å². The summed E-state index contributed by atoms with van der Waals surface area (Å²) in [6, 6.07) is 0. The van der Waals surface area contributed by atoms with Crippen molar-refractivity contribution in [2.75, 3.05) is 26.2 Å². The van der Waals surface area contributed by atoms with Crippen LogP contribution in [0.4, 0.5) is 0 Å². The topological polar surface area (TPSA) is 115 Å². The number of hydrogen-bond acceptors (Lipinski definition) is 4. The Morgan fingerprint density at radius 2 is 1.25 bits per heavy atom. The van der Waals surface area contributed by atoms with E-state index in [0.717, 1.165) is 38.5 Å². The lowest BCUT2D eigenvalue weighted by Crippen LogP contribution is -2.53. The van der Waals surface area contributed by atoms with Gasteiger partial charge in [-0.3, -0.25) is 9.59 Å². The van der Waals surface area contributed by atoms with Crippen LogP contribution in [-0.2, 0) is 14.4 Å². The second-order valence-electron chi connectivity index (χ2n) is 7.46. The minimum atomic E-state index is -1.19. The number of allylic oxidation sites excluding steroid dienone is 2. The van der Waals surface area contributed by atoms with Crippen molar-refractivity contribution >= 4 is 17.9 Å². The number of quaternary nitrogens is 1. The maximum atomic E-state index is 11.0.